The third kappa shape index (κ3) is 3.15. The Morgan fingerprint density at radius 3 is 2.79 bits per heavy atom. The number of rotatable bonds is 8. The topological polar surface area (TPSA) is 105 Å². The highest BCUT2D eigenvalue weighted by Crippen LogP contribution is 2.60. The van der Waals surface area contributed by atoms with Crippen molar-refractivity contribution in [3.05, 3.63) is 0 Å². The molecular formula is C19H29BrN2O6. The normalized spacial score (nSPS) is 37.1. The lowest BCUT2D eigenvalue weighted by Gasteiger charge is -2.35. The number of aliphatic hydroxyl groups excluding tert-OH is 1. The highest BCUT2D eigenvalue weighted by molar-refractivity contribution is 9.09. The lowest BCUT2D eigenvalue weighted by molar-refractivity contribution is -0.155. The van der Waals surface area contributed by atoms with Crippen molar-refractivity contribution in [1.82, 2.24) is 10.2 Å². The third-order valence-corrected chi connectivity index (χ3v) is 6.95. The van der Waals surface area contributed by atoms with E-state index in [2.05, 4.69) is 21.2 Å². The zero-order chi connectivity index (χ0) is 20.6. The molecule has 1 unspecified atom stereocenters. The van der Waals surface area contributed by atoms with Crippen LogP contribution in [0.4, 0.5) is 0 Å². The first-order valence-electron chi connectivity index (χ1n) is 10.0. The van der Waals surface area contributed by atoms with Gasteiger partial charge in [-0.2, -0.15) is 0 Å². The lowest BCUT2D eigenvalue weighted by atomic mass is 9.70. The molecule has 3 fully saturated rings. The molecule has 0 saturated carbocycles. The SMILES string of the molecule is CCCCNC(=O)[C@@H]1N([C@H](C)CO)C(=O)[C@H]2[C@H](C(=O)OCC)[C@H]3O[C@@]12CC3Br. The van der Waals surface area contributed by atoms with E-state index < -0.39 is 41.6 Å². The van der Waals surface area contributed by atoms with Crippen molar-refractivity contribution in [1.29, 1.82) is 0 Å². The van der Waals surface area contributed by atoms with Crippen LogP contribution < -0.4 is 5.32 Å². The van der Waals surface area contributed by atoms with Gasteiger partial charge in [-0.25, -0.2) is 0 Å². The second-order valence-electron chi connectivity index (χ2n) is 7.84. The number of alkyl halides is 1. The Morgan fingerprint density at radius 2 is 2.18 bits per heavy atom. The minimum absolute atomic E-state index is 0.152. The Hall–Kier alpha value is -1.19. The van der Waals surface area contributed by atoms with Crippen LogP contribution in [0.15, 0.2) is 0 Å². The first-order valence-corrected chi connectivity index (χ1v) is 10.9. The van der Waals surface area contributed by atoms with E-state index in [4.69, 9.17) is 9.47 Å². The maximum absolute atomic E-state index is 13.4. The predicted octanol–water partition coefficient (Wildman–Crippen LogP) is 0.595. The molecule has 3 aliphatic rings. The smallest absolute Gasteiger partial charge is 0.312 e. The molecule has 9 heteroatoms. The molecule has 2 amide bonds. The number of fused-ring (bicyclic) bond motifs is 1. The van der Waals surface area contributed by atoms with Crippen LogP contribution in [0.3, 0.4) is 0 Å². The highest BCUT2D eigenvalue weighted by Gasteiger charge is 2.77. The average molecular weight is 461 g/mol. The summed E-state index contributed by atoms with van der Waals surface area (Å²) in [5, 5.41) is 12.6. The maximum Gasteiger partial charge on any atom is 0.312 e. The standard InChI is InChI=1S/C19H29BrN2O6/c1-4-6-7-21-16(24)15-19-8-11(20)14(28-19)12(18(26)27-5-2)13(19)17(25)22(15)10(3)9-23/h10-15,23H,4-9H2,1-3H3,(H,21,24)/t10-,11?,12+,13-,14+,15+,19-/m1/s1. The summed E-state index contributed by atoms with van der Waals surface area (Å²) in [5.41, 5.74) is -1.09. The molecule has 3 saturated heterocycles. The third-order valence-electron chi connectivity index (χ3n) is 6.10. The van der Waals surface area contributed by atoms with Crippen LogP contribution in [-0.2, 0) is 23.9 Å². The van der Waals surface area contributed by atoms with Gasteiger partial charge in [0.1, 0.15) is 11.6 Å². The molecule has 2 bridgehead atoms. The number of carbonyl (C=O) groups excluding carboxylic acids is 3. The molecule has 0 aromatic rings. The van der Waals surface area contributed by atoms with Crippen LogP contribution >= 0.6 is 15.9 Å². The second kappa shape index (κ2) is 8.28. The Morgan fingerprint density at radius 1 is 1.46 bits per heavy atom. The monoisotopic (exact) mass is 460 g/mol. The number of halogens is 1. The number of nitrogens with zero attached hydrogens (tertiary/aromatic N) is 1. The van der Waals surface area contributed by atoms with E-state index >= 15 is 0 Å². The minimum Gasteiger partial charge on any atom is -0.466 e. The number of carbonyl (C=O) groups is 3. The summed E-state index contributed by atoms with van der Waals surface area (Å²) in [4.78, 5) is 40.4. The van der Waals surface area contributed by atoms with Crippen molar-refractivity contribution in [2.75, 3.05) is 19.8 Å². The van der Waals surface area contributed by atoms with E-state index in [1.165, 1.54) is 4.90 Å². The number of hydrogen-bond donors (Lipinski definition) is 2. The van der Waals surface area contributed by atoms with Crippen molar-refractivity contribution in [2.45, 2.75) is 68.6 Å². The van der Waals surface area contributed by atoms with Crippen molar-refractivity contribution < 1.29 is 29.0 Å². The van der Waals surface area contributed by atoms with Crippen molar-refractivity contribution >= 4 is 33.7 Å². The summed E-state index contributed by atoms with van der Waals surface area (Å²) in [7, 11) is 0. The second-order valence-corrected chi connectivity index (χ2v) is 9.01. The van der Waals surface area contributed by atoms with E-state index in [1.807, 2.05) is 6.92 Å². The van der Waals surface area contributed by atoms with Crippen LogP contribution in [-0.4, -0.2) is 76.2 Å². The Bertz CT molecular complexity index is 646. The summed E-state index contributed by atoms with van der Waals surface area (Å²) in [6.45, 7) is 5.87. The number of hydrogen-bond acceptors (Lipinski definition) is 6. The fourth-order valence-electron chi connectivity index (χ4n) is 4.92. The molecule has 1 spiro atoms. The van der Waals surface area contributed by atoms with Gasteiger partial charge in [0.2, 0.25) is 11.8 Å². The number of aliphatic hydroxyl groups is 1. The van der Waals surface area contributed by atoms with Gasteiger partial charge in [0.05, 0.1) is 37.2 Å². The maximum atomic E-state index is 13.4. The fraction of sp³-hybridized carbons (Fsp3) is 0.842. The molecule has 0 aromatic carbocycles. The fourth-order valence-corrected chi connectivity index (χ4v) is 5.86. The van der Waals surface area contributed by atoms with Crippen molar-refractivity contribution in [3.63, 3.8) is 0 Å². The number of esters is 1. The number of amides is 2. The zero-order valence-electron chi connectivity index (χ0n) is 16.5. The van der Waals surface area contributed by atoms with Crippen LogP contribution in [0, 0.1) is 11.8 Å². The predicted molar refractivity (Wildman–Crippen MR) is 104 cm³/mol. The number of likely N-dealkylation sites (tertiary alicyclic amines) is 1. The molecule has 3 aliphatic heterocycles. The van der Waals surface area contributed by atoms with E-state index in [-0.39, 0.29) is 29.9 Å². The van der Waals surface area contributed by atoms with Gasteiger partial charge in [0, 0.05) is 11.4 Å². The summed E-state index contributed by atoms with van der Waals surface area (Å²) < 4.78 is 11.5. The Kier molecular flexibility index (Phi) is 6.36. The van der Waals surface area contributed by atoms with E-state index in [0.29, 0.717) is 13.0 Å². The summed E-state index contributed by atoms with van der Waals surface area (Å²) in [5.74, 6) is -2.62. The van der Waals surface area contributed by atoms with Gasteiger partial charge in [0.15, 0.2) is 0 Å². The molecule has 0 aromatic heterocycles. The summed E-state index contributed by atoms with van der Waals surface area (Å²) in [6, 6.07) is -1.44. The zero-order valence-corrected chi connectivity index (χ0v) is 18.1. The summed E-state index contributed by atoms with van der Waals surface area (Å²) in [6.07, 6.45) is 1.70. The molecule has 8 nitrogen and oxygen atoms in total. The van der Waals surface area contributed by atoms with E-state index in [1.54, 1.807) is 13.8 Å². The molecule has 7 atom stereocenters. The number of ether oxygens (including phenoxy) is 2. The Labute approximate surface area is 173 Å². The highest BCUT2D eigenvalue weighted by atomic mass is 79.9. The largest absolute Gasteiger partial charge is 0.466 e. The van der Waals surface area contributed by atoms with E-state index in [9.17, 15) is 19.5 Å². The van der Waals surface area contributed by atoms with Gasteiger partial charge in [-0.05, 0) is 26.7 Å². The molecule has 158 valence electrons. The molecule has 0 radical (unpaired) electrons. The molecule has 3 rings (SSSR count). The quantitative estimate of drug-likeness (QED) is 0.312. The number of nitrogens with one attached hydrogen (secondary N) is 1. The van der Waals surface area contributed by atoms with E-state index in [0.717, 1.165) is 12.8 Å². The van der Waals surface area contributed by atoms with Gasteiger partial charge in [-0.3, -0.25) is 14.4 Å². The van der Waals surface area contributed by atoms with Crippen LogP contribution in [0.5, 0.6) is 0 Å². The van der Waals surface area contributed by atoms with Crippen molar-refractivity contribution in [2.24, 2.45) is 11.8 Å². The minimum atomic E-state index is -1.09. The van der Waals surface area contributed by atoms with Gasteiger partial charge in [-0.1, -0.05) is 29.3 Å². The van der Waals surface area contributed by atoms with Gasteiger partial charge < -0.3 is 24.8 Å². The van der Waals surface area contributed by atoms with Crippen LogP contribution in [0.25, 0.3) is 0 Å². The van der Waals surface area contributed by atoms with Crippen LogP contribution in [0.1, 0.15) is 40.0 Å². The Balaban J connectivity index is 1.99. The first-order chi connectivity index (χ1) is 13.3. The summed E-state index contributed by atoms with van der Waals surface area (Å²) >= 11 is 3.58. The average Bonchev–Trinajstić information content (AvgIpc) is 3.25. The molecule has 3 heterocycles. The molecule has 2 N–H and O–H groups in total. The molecular weight excluding hydrogens is 432 g/mol. The van der Waals surface area contributed by atoms with Gasteiger partial charge in [-0.15, -0.1) is 0 Å². The van der Waals surface area contributed by atoms with Crippen LogP contribution in [0.2, 0.25) is 0 Å². The van der Waals surface area contributed by atoms with Gasteiger partial charge >= 0.3 is 5.97 Å². The molecule has 0 aliphatic carbocycles. The first kappa shape index (κ1) is 21.5. The molecule has 28 heavy (non-hydrogen) atoms. The number of unbranched alkanes of at least 4 members (excludes halogenated alkanes) is 1. The van der Waals surface area contributed by atoms with Gasteiger partial charge in [0.25, 0.3) is 0 Å². The van der Waals surface area contributed by atoms with Crippen molar-refractivity contribution in [3.8, 4) is 0 Å². The lowest BCUT2D eigenvalue weighted by Crippen LogP contribution is -2.57.